The van der Waals surface area contributed by atoms with Crippen molar-refractivity contribution in [2.75, 3.05) is 13.6 Å². The maximum atomic E-state index is 12.2. The van der Waals surface area contributed by atoms with E-state index in [1.807, 2.05) is 32.0 Å². The summed E-state index contributed by atoms with van der Waals surface area (Å²) in [4.78, 5) is 25.6. The van der Waals surface area contributed by atoms with Crippen LogP contribution in [-0.4, -0.2) is 41.3 Å². The number of aliphatic hydroxyl groups excluding tert-OH is 1. The Kier molecular flexibility index (Phi) is 7.62. The van der Waals surface area contributed by atoms with Gasteiger partial charge in [0.15, 0.2) is 0 Å². The Morgan fingerprint density at radius 2 is 1.67 bits per heavy atom. The average Bonchev–Trinajstić information content (AvgIpc) is 2.63. The number of carbonyl (C=O) groups is 2. The number of carbonyl (C=O) groups excluding carboxylic acids is 2. The summed E-state index contributed by atoms with van der Waals surface area (Å²) in [5.41, 5.74) is 3.23. The summed E-state index contributed by atoms with van der Waals surface area (Å²) in [5.74, 6) is 0.0523. The predicted octanol–water partition coefficient (Wildman–Crippen LogP) is 4.35. The molecule has 162 valence electrons. The number of hydrogen-bond acceptors (Lipinski definition) is 5. The summed E-state index contributed by atoms with van der Waals surface area (Å²) in [5, 5.41) is 10.4. The fourth-order valence-electron chi connectivity index (χ4n) is 2.78. The first kappa shape index (κ1) is 23.4. The van der Waals surface area contributed by atoms with Crippen LogP contribution >= 0.6 is 0 Å². The summed E-state index contributed by atoms with van der Waals surface area (Å²) in [7, 11) is 1.57. The van der Waals surface area contributed by atoms with E-state index in [0.29, 0.717) is 11.3 Å². The smallest absolute Gasteiger partial charge is 0.410 e. The van der Waals surface area contributed by atoms with E-state index in [9.17, 15) is 14.7 Å². The Bertz CT molecular complexity index is 883. The standard InChI is InChI=1S/C24H31NO5/c1-16-7-8-18(13-17(16)2)14-22(27)29-20-11-9-19(10-12-20)21(26)15-25(6)23(28)30-24(3,4)5/h7-13,21,26H,14-15H2,1-6H3. The molecular weight excluding hydrogens is 382 g/mol. The minimum atomic E-state index is -0.886. The molecule has 0 aromatic heterocycles. The molecule has 0 radical (unpaired) electrons. The number of aryl methyl sites for hydroxylation is 2. The summed E-state index contributed by atoms with van der Waals surface area (Å²) < 4.78 is 10.7. The second-order valence-corrected chi connectivity index (χ2v) is 8.52. The first-order valence-corrected chi connectivity index (χ1v) is 9.93. The quantitative estimate of drug-likeness (QED) is 0.563. The van der Waals surface area contributed by atoms with Crippen molar-refractivity contribution in [2.24, 2.45) is 0 Å². The molecule has 6 nitrogen and oxygen atoms in total. The van der Waals surface area contributed by atoms with Gasteiger partial charge in [-0.25, -0.2) is 4.79 Å². The molecule has 0 aliphatic carbocycles. The van der Waals surface area contributed by atoms with Crippen LogP contribution in [0.1, 0.15) is 49.1 Å². The van der Waals surface area contributed by atoms with Gasteiger partial charge in [-0.3, -0.25) is 4.79 Å². The van der Waals surface area contributed by atoms with Crippen molar-refractivity contribution in [3.63, 3.8) is 0 Å². The monoisotopic (exact) mass is 413 g/mol. The Morgan fingerprint density at radius 3 is 2.23 bits per heavy atom. The van der Waals surface area contributed by atoms with Gasteiger partial charge in [0.25, 0.3) is 0 Å². The van der Waals surface area contributed by atoms with E-state index < -0.39 is 17.8 Å². The van der Waals surface area contributed by atoms with Gasteiger partial charge in [0, 0.05) is 7.05 Å². The lowest BCUT2D eigenvalue weighted by molar-refractivity contribution is -0.133. The van der Waals surface area contributed by atoms with Crippen molar-refractivity contribution in [2.45, 2.75) is 52.7 Å². The number of hydrogen-bond donors (Lipinski definition) is 1. The molecule has 0 saturated carbocycles. The van der Waals surface area contributed by atoms with Crippen LogP contribution in [-0.2, 0) is 16.0 Å². The third kappa shape index (κ3) is 7.19. The number of amides is 1. The van der Waals surface area contributed by atoms with Crippen LogP contribution in [0.5, 0.6) is 5.75 Å². The van der Waals surface area contributed by atoms with Gasteiger partial charge in [0.05, 0.1) is 19.1 Å². The van der Waals surface area contributed by atoms with Crippen molar-refractivity contribution < 1.29 is 24.2 Å². The molecule has 0 aliphatic heterocycles. The molecule has 2 rings (SSSR count). The molecule has 0 bridgehead atoms. The Labute approximate surface area is 178 Å². The molecule has 0 fully saturated rings. The SMILES string of the molecule is Cc1ccc(CC(=O)Oc2ccc(C(O)CN(C)C(=O)OC(C)(C)C)cc2)cc1C. The number of esters is 1. The first-order valence-electron chi connectivity index (χ1n) is 9.93. The minimum absolute atomic E-state index is 0.0841. The third-order valence-corrected chi connectivity index (χ3v) is 4.57. The summed E-state index contributed by atoms with van der Waals surface area (Å²) in [6.07, 6.45) is -1.20. The highest BCUT2D eigenvalue weighted by Gasteiger charge is 2.22. The van der Waals surface area contributed by atoms with Gasteiger partial charge >= 0.3 is 12.1 Å². The van der Waals surface area contributed by atoms with Gasteiger partial charge in [0.2, 0.25) is 0 Å². The van der Waals surface area contributed by atoms with Crippen molar-refractivity contribution in [3.05, 3.63) is 64.7 Å². The highest BCUT2D eigenvalue weighted by Crippen LogP contribution is 2.20. The zero-order valence-corrected chi connectivity index (χ0v) is 18.6. The van der Waals surface area contributed by atoms with Gasteiger partial charge in [-0.2, -0.15) is 0 Å². The van der Waals surface area contributed by atoms with Crippen LogP contribution in [0.3, 0.4) is 0 Å². The fraction of sp³-hybridized carbons (Fsp3) is 0.417. The molecule has 1 N–H and O–H groups in total. The number of aliphatic hydroxyl groups is 1. The van der Waals surface area contributed by atoms with Gasteiger partial charge in [-0.1, -0.05) is 30.3 Å². The van der Waals surface area contributed by atoms with Crippen LogP contribution in [0.15, 0.2) is 42.5 Å². The fourth-order valence-corrected chi connectivity index (χ4v) is 2.78. The molecule has 1 atom stereocenters. The predicted molar refractivity (Wildman–Crippen MR) is 116 cm³/mol. The van der Waals surface area contributed by atoms with E-state index in [-0.39, 0.29) is 18.9 Å². The topological polar surface area (TPSA) is 76.1 Å². The minimum Gasteiger partial charge on any atom is -0.444 e. The lowest BCUT2D eigenvalue weighted by atomic mass is 10.0. The molecule has 0 aliphatic rings. The van der Waals surface area contributed by atoms with E-state index in [1.54, 1.807) is 52.1 Å². The van der Waals surface area contributed by atoms with Gasteiger partial charge in [-0.15, -0.1) is 0 Å². The Morgan fingerprint density at radius 1 is 1.03 bits per heavy atom. The number of likely N-dealkylation sites (N-methyl/N-ethyl adjacent to an activating group) is 1. The van der Waals surface area contributed by atoms with Crippen LogP contribution in [0, 0.1) is 13.8 Å². The number of benzene rings is 2. The maximum Gasteiger partial charge on any atom is 0.410 e. The molecule has 0 heterocycles. The molecule has 6 heteroatoms. The largest absolute Gasteiger partial charge is 0.444 e. The first-order chi connectivity index (χ1) is 13.9. The van der Waals surface area contributed by atoms with Gasteiger partial charge in [-0.05, 0) is 69.0 Å². The van der Waals surface area contributed by atoms with Crippen LogP contribution in [0.4, 0.5) is 4.79 Å². The number of rotatable bonds is 6. The lowest BCUT2D eigenvalue weighted by Crippen LogP contribution is -2.36. The molecular formula is C24H31NO5. The third-order valence-electron chi connectivity index (χ3n) is 4.57. The molecule has 1 amide bonds. The van der Waals surface area contributed by atoms with E-state index in [4.69, 9.17) is 9.47 Å². The zero-order valence-electron chi connectivity index (χ0n) is 18.6. The lowest BCUT2D eigenvalue weighted by Gasteiger charge is -2.26. The number of ether oxygens (including phenoxy) is 2. The average molecular weight is 414 g/mol. The molecule has 0 saturated heterocycles. The number of nitrogens with zero attached hydrogens (tertiary/aromatic N) is 1. The van der Waals surface area contributed by atoms with Crippen molar-refractivity contribution in [1.29, 1.82) is 0 Å². The zero-order chi connectivity index (χ0) is 22.5. The summed E-state index contributed by atoms with van der Waals surface area (Å²) in [6, 6.07) is 12.5. The molecule has 2 aromatic rings. The van der Waals surface area contributed by atoms with Crippen LogP contribution in [0.2, 0.25) is 0 Å². The van der Waals surface area contributed by atoms with Crippen LogP contribution in [0.25, 0.3) is 0 Å². The van der Waals surface area contributed by atoms with Crippen LogP contribution < -0.4 is 4.74 Å². The molecule has 30 heavy (non-hydrogen) atoms. The Balaban J connectivity index is 1.91. The summed E-state index contributed by atoms with van der Waals surface area (Å²) in [6.45, 7) is 9.48. The second kappa shape index (κ2) is 9.76. The maximum absolute atomic E-state index is 12.2. The highest BCUT2D eigenvalue weighted by molar-refractivity contribution is 5.75. The van der Waals surface area contributed by atoms with E-state index >= 15 is 0 Å². The Hall–Kier alpha value is -2.86. The second-order valence-electron chi connectivity index (χ2n) is 8.52. The van der Waals surface area contributed by atoms with Gasteiger partial charge < -0.3 is 19.5 Å². The molecule has 2 aromatic carbocycles. The molecule has 0 spiro atoms. The normalized spacial score (nSPS) is 12.2. The summed E-state index contributed by atoms with van der Waals surface area (Å²) >= 11 is 0. The van der Waals surface area contributed by atoms with E-state index in [2.05, 4.69) is 0 Å². The van der Waals surface area contributed by atoms with E-state index in [1.165, 1.54) is 10.5 Å². The highest BCUT2D eigenvalue weighted by atomic mass is 16.6. The van der Waals surface area contributed by atoms with Gasteiger partial charge in [0.1, 0.15) is 11.4 Å². The molecule has 1 unspecified atom stereocenters. The van der Waals surface area contributed by atoms with Crippen molar-refractivity contribution in [3.8, 4) is 5.75 Å². The van der Waals surface area contributed by atoms with E-state index in [0.717, 1.165) is 11.1 Å². The van der Waals surface area contributed by atoms with Crippen molar-refractivity contribution in [1.82, 2.24) is 4.90 Å². The van der Waals surface area contributed by atoms with Crippen molar-refractivity contribution >= 4 is 12.1 Å².